The molecule has 1 N–H and O–H groups in total. The van der Waals surface area contributed by atoms with Crippen molar-refractivity contribution < 1.29 is 9.59 Å². The molecule has 2 aromatic carbocycles. The Labute approximate surface area is 170 Å². The van der Waals surface area contributed by atoms with Gasteiger partial charge in [0.2, 0.25) is 11.8 Å². The molecule has 2 amide bonds. The van der Waals surface area contributed by atoms with Crippen molar-refractivity contribution in [2.24, 2.45) is 0 Å². The minimum absolute atomic E-state index is 0.0196. The van der Waals surface area contributed by atoms with Gasteiger partial charge in [-0.3, -0.25) is 9.59 Å². The fraction of sp³-hybridized carbons (Fsp3) is 0.333. The van der Waals surface area contributed by atoms with Crippen molar-refractivity contribution in [2.75, 3.05) is 5.75 Å². The number of benzene rings is 2. The first kappa shape index (κ1) is 21.3. The maximum atomic E-state index is 12.9. The van der Waals surface area contributed by atoms with Gasteiger partial charge < -0.3 is 10.2 Å². The van der Waals surface area contributed by atoms with Crippen molar-refractivity contribution in [3.05, 3.63) is 65.2 Å². The average molecular weight is 405 g/mol. The van der Waals surface area contributed by atoms with Gasteiger partial charge in [-0.25, -0.2) is 0 Å². The Balaban J connectivity index is 2.12. The maximum Gasteiger partial charge on any atom is 0.242 e. The standard InChI is InChI=1S/C21H25ClN2O2S/c1-15(2)23-21(26)16(3)24(13-17-9-11-18(22)12-10-17)20(25)14-27-19-7-5-4-6-8-19/h4-12,15-16H,13-14H2,1-3H3,(H,23,26). The van der Waals surface area contributed by atoms with E-state index in [1.807, 2.05) is 56.3 Å². The van der Waals surface area contributed by atoms with Gasteiger partial charge in [0.25, 0.3) is 0 Å². The Morgan fingerprint density at radius 2 is 1.67 bits per heavy atom. The number of nitrogens with zero attached hydrogens (tertiary/aromatic N) is 1. The quantitative estimate of drug-likeness (QED) is 0.664. The van der Waals surface area contributed by atoms with Crippen LogP contribution < -0.4 is 5.32 Å². The molecule has 0 radical (unpaired) electrons. The highest BCUT2D eigenvalue weighted by Crippen LogP contribution is 2.20. The van der Waals surface area contributed by atoms with Crippen LogP contribution in [0.5, 0.6) is 0 Å². The SMILES string of the molecule is CC(C)NC(=O)C(C)N(Cc1ccc(Cl)cc1)C(=O)CSc1ccccc1. The molecular formula is C21H25ClN2O2S. The molecule has 144 valence electrons. The third kappa shape index (κ3) is 6.92. The highest BCUT2D eigenvalue weighted by Gasteiger charge is 2.26. The van der Waals surface area contributed by atoms with Gasteiger partial charge in [-0.15, -0.1) is 11.8 Å². The zero-order valence-electron chi connectivity index (χ0n) is 15.8. The van der Waals surface area contributed by atoms with E-state index in [0.29, 0.717) is 11.6 Å². The van der Waals surface area contributed by atoms with E-state index in [4.69, 9.17) is 11.6 Å². The van der Waals surface area contributed by atoms with Crippen LogP contribution in [0.25, 0.3) is 0 Å². The van der Waals surface area contributed by atoms with Crippen LogP contribution in [0.1, 0.15) is 26.3 Å². The summed E-state index contributed by atoms with van der Waals surface area (Å²) in [5.41, 5.74) is 0.932. The van der Waals surface area contributed by atoms with Gasteiger partial charge in [0, 0.05) is 22.5 Å². The first-order valence-corrected chi connectivity index (χ1v) is 10.3. The van der Waals surface area contributed by atoms with Crippen LogP contribution in [-0.4, -0.2) is 34.6 Å². The van der Waals surface area contributed by atoms with E-state index >= 15 is 0 Å². The molecule has 0 saturated heterocycles. The van der Waals surface area contributed by atoms with Crippen molar-refractivity contribution in [1.82, 2.24) is 10.2 Å². The number of amides is 2. The highest BCUT2D eigenvalue weighted by atomic mass is 35.5. The molecule has 0 aliphatic carbocycles. The van der Waals surface area contributed by atoms with Gasteiger partial charge in [-0.1, -0.05) is 41.9 Å². The lowest BCUT2D eigenvalue weighted by Crippen LogP contribution is -2.49. The Morgan fingerprint density at radius 3 is 2.26 bits per heavy atom. The number of hydrogen-bond acceptors (Lipinski definition) is 3. The maximum absolute atomic E-state index is 12.9. The molecule has 0 bridgehead atoms. The van der Waals surface area contributed by atoms with E-state index in [1.54, 1.807) is 24.0 Å². The topological polar surface area (TPSA) is 49.4 Å². The number of nitrogens with one attached hydrogen (secondary N) is 1. The van der Waals surface area contributed by atoms with Gasteiger partial charge in [-0.2, -0.15) is 0 Å². The summed E-state index contributed by atoms with van der Waals surface area (Å²) < 4.78 is 0. The Bertz CT molecular complexity index is 751. The molecule has 0 aliphatic heterocycles. The Morgan fingerprint density at radius 1 is 1.04 bits per heavy atom. The molecule has 1 atom stereocenters. The molecule has 2 rings (SSSR count). The molecule has 4 nitrogen and oxygen atoms in total. The molecule has 1 unspecified atom stereocenters. The Hall–Kier alpha value is -1.98. The van der Waals surface area contributed by atoms with Crippen molar-refractivity contribution in [3.63, 3.8) is 0 Å². The molecular weight excluding hydrogens is 380 g/mol. The van der Waals surface area contributed by atoms with E-state index in [2.05, 4.69) is 5.32 Å². The number of halogens is 1. The fourth-order valence-electron chi connectivity index (χ4n) is 2.52. The smallest absolute Gasteiger partial charge is 0.242 e. The van der Waals surface area contributed by atoms with Crippen LogP contribution >= 0.6 is 23.4 Å². The molecule has 0 aromatic heterocycles. The van der Waals surface area contributed by atoms with E-state index in [1.165, 1.54) is 11.8 Å². The van der Waals surface area contributed by atoms with Crippen molar-refractivity contribution >= 4 is 35.2 Å². The second-order valence-corrected chi connectivity index (χ2v) is 8.07. The molecule has 0 fully saturated rings. The summed E-state index contributed by atoms with van der Waals surface area (Å²) in [6.45, 7) is 5.93. The Kier molecular flexibility index (Phi) is 8.20. The number of carbonyl (C=O) groups is 2. The molecule has 0 spiro atoms. The third-order valence-electron chi connectivity index (χ3n) is 3.97. The molecule has 6 heteroatoms. The summed E-state index contributed by atoms with van der Waals surface area (Å²) in [7, 11) is 0. The van der Waals surface area contributed by atoms with Crippen LogP contribution in [-0.2, 0) is 16.1 Å². The summed E-state index contributed by atoms with van der Waals surface area (Å²) >= 11 is 7.42. The third-order valence-corrected chi connectivity index (χ3v) is 5.22. The summed E-state index contributed by atoms with van der Waals surface area (Å²) in [6.07, 6.45) is 0. The predicted molar refractivity (Wildman–Crippen MR) is 112 cm³/mol. The lowest BCUT2D eigenvalue weighted by Gasteiger charge is -2.29. The largest absolute Gasteiger partial charge is 0.352 e. The van der Waals surface area contributed by atoms with Crippen molar-refractivity contribution in [3.8, 4) is 0 Å². The van der Waals surface area contributed by atoms with Crippen molar-refractivity contribution in [1.29, 1.82) is 0 Å². The predicted octanol–water partition coefficient (Wildman–Crippen LogP) is 4.37. The van der Waals surface area contributed by atoms with Crippen LogP contribution in [0.3, 0.4) is 0 Å². The normalized spacial score (nSPS) is 11.9. The number of hydrogen-bond donors (Lipinski definition) is 1. The minimum atomic E-state index is -0.563. The van der Waals surface area contributed by atoms with Crippen LogP contribution in [0.2, 0.25) is 5.02 Å². The summed E-state index contributed by atoms with van der Waals surface area (Å²) in [5.74, 6) is 0.0407. The molecule has 0 aliphatic rings. The van der Waals surface area contributed by atoms with Crippen molar-refractivity contribution in [2.45, 2.75) is 44.3 Å². The molecule has 27 heavy (non-hydrogen) atoms. The second-order valence-electron chi connectivity index (χ2n) is 6.59. The van der Waals surface area contributed by atoms with Crippen LogP contribution in [0.15, 0.2) is 59.5 Å². The lowest BCUT2D eigenvalue weighted by molar-refractivity contribution is -0.138. The van der Waals surface area contributed by atoms with E-state index < -0.39 is 6.04 Å². The molecule has 0 heterocycles. The molecule has 0 saturated carbocycles. The van der Waals surface area contributed by atoms with Gasteiger partial charge >= 0.3 is 0 Å². The van der Waals surface area contributed by atoms with E-state index in [-0.39, 0.29) is 23.6 Å². The number of carbonyl (C=O) groups excluding carboxylic acids is 2. The summed E-state index contributed by atoms with van der Waals surface area (Å²) in [6, 6.07) is 16.5. The zero-order chi connectivity index (χ0) is 19.8. The first-order valence-electron chi connectivity index (χ1n) is 8.89. The minimum Gasteiger partial charge on any atom is -0.352 e. The van der Waals surface area contributed by atoms with Crippen LogP contribution in [0, 0.1) is 0 Å². The fourth-order valence-corrected chi connectivity index (χ4v) is 3.45. The van der Waals surface area contributed by atoms with E-state index in [0.717, 1.165) is 10.5 Å². The van der Waals surface area contributed by atoms with Crippen LogP contribution in [0.4, 0.5) is 0 Å². The van der Waals surface area contributed by atoms with E-state index in [9.17, 15) is 9.59 Å². The second kappa shape index (κ2) is 10.4. The first-order chi connectivity index (χ1) is 12.9. The van der Waals surface area contributed by atoms with Gasteiger partial charge in [0.05, 0.1) is 5.75 Å². The van der Waals surface area contributed by atoms with Gasteiger partial charge in [0.1, 0.15) is 6.04 Å². The number of rotatable bonds is 8. The number of thioether (sulfide) groups is 1. The highest BCUT2D eigenvalue weighted by molar-refractivity contribution is 8.00. The van der Waals surface area contributed by atoms with Gasteiger partial charge in [0.15, 0.2) is 0 Å². The zero-order valence-corrected chi connectivity index (χ0v) is 17.4. The summed E-state index contributed by atoms with van der Waals surface area (Å²) in [5, 5.41) is 3.53. The molecule has 2 aromatic rings. The van der Waals surface area contributed by atoms with Gasteiger partial charge in [-0.05, 0) is 50.6 Å². The average Bonchev–Trinajstić information content (AvgIpc) is 2.65. The lowest BCUT2D eigenvalue weighted by atomic mass is 10.1. The monoisotopic (exact) mass is 404 g/mol. The summed E-state index contributed by atoms with van der Waals surface area (Å²) in [4.78, 5) is 28.1.